The zero-order chi connectivity index (χ0) is 14.8. The average molecular weight is 288 g/mol. The second-order valence-electron chi connectivity index (χ2n) is 6.12. The quantitative estimate of drug-likeness (QED) is 0.888. The van der Waals surface area contributed by atoms with Crippen molar-refractivity contribution in [2.45, 2.75) is 50.3 Å². The molecule has 3 rings (SSSR count). The van der Waals surface area contributed by atoms with Crippen LogP contribution >= 0.6 is 0 Å². The first-order valence-corrected chi connectivity index (χ1v) is 7.95. The molecule has 1 aromatic rings. The van der Waals surface area contributed by atoms with Crippen molar-refractivity contribution >= 4 is 5.91 Å². The summed E-state index contributed by atoms with van der Waals surface area (Å²) < 4.78 is 5.79. The minimum absolute atomic E-state index is 0.0273. The second-order valence-corrected chi connectivity index (χ2v) is 6.12. The van der Waals surface area contributed by atoms with E-state index < -0.39 is 0 Å². The normalized spacial score (nSPS) is 32.7. The molecule has 1 aromatic carbocycles. The number of carbonyl (C=O) groups excluding carboxylic acids is 1. The zero-order valence-corrected chi connectivity index (χ0v) is 12.5. The predicted octanol–water partition coefficient (Wildman–Crippen LogP) is 1.80. The monoisotopic (exact) mass is 288 g/mol. The van der Waals surface area contributed by atoms with E-state index in [0.29, 0.717) is 5.92 Å². The van der Waals surface area contributed by atoms with Crippen LogP contribution in [0.25, 0.3) is 0 Å². The Kier molecular flexibility index (Phi) is 4.27. The first-order chi connectivity index (χ1) is 10.2. The molecule has 1 saturated carbocycles. The van der Waals surface area contributed by atoms with Gasteiger partial charge in [-0.2, -0.15) is 0 Å². The maximum atomic E-state index is 12.6. The number of rotatable bonds is 4. The van der Waals surface area contributed by atoms with Gasteiger partial charge in [-0.05, 0) is 24.8 Å². The van der Waals surface area contributed by atoms with Crippen LogP contribution in [0.3, 0.4) is 0 Å². The molecule has 2 fully saturated rings. The summed E-state index contributed by atoms with van der Waals surface area (Å²) >= 11 is 0. The maximum Gasteiger partial charge on any atom is 0.227 e. The van der Waals surface area contributed by atoms with E-state index in [0.717, 1.165) is 31.4 Å². The molecule has 3 N–H and O–H groups in total. The van der Waals surface area contributed by atoms with Crippen LogP contribution in [0.2, 0.25) is 0 Å². The van der Waals surface area contributed by atoms with Crippen molar-refractivity contribution in [2.75, 3.05) is 6.61 Å². The van der Waals surface area contributed by atoms with Crippen molar-refractivity contribution in [3.63, 3.8) is 0 Å². The van der Waals surface area contributed by atoms with Crippen molar-refractivity contribution in [1.82, 2.24) is 5.32 Å². The minimum atomic E-state index is -0.110. The third kappa shape index (κ3) is 2.70. The highest BCUT2D eigenvalue weighted by Gasteiger charge is 2.51. The third-order valence-corrected chi connectivity index (χ3v) is 4.91. The van der Waals surface area contributed by atoms with Crippen molar-refractivity contribution < 1.29 is 9.53 Å². The SMILES string of the molecule is CCC(C(=O)NC1C(N)C2CCCOC21)c1ccccc1. The molecule has 4 nitrogen and oxygen atoms in total. The van der Waals surface area contributed by atoms with Gasteiger partial charge in [0.05, 0.1) is 18.1 Å². The lowest BCUT2D eigenvalue weighted by atomic mass is 9.68. The smallest absolute Gasteiger partial charge is 0.227 e. The fourth-order valence-corrected chi connectivity index (χ4v) is 3.65. The molecule has 1 saturated heterocycles. The Bertz CT molecular complexity index is 491. The van der Waals surface area contributed by atoms with Crippen LogP contribution in [0.15, 0.2) is 30.3 Å². The number of hydrogen-bond acceptors (Lipinski definition) is 3. The lowest BCUT2D eigenvalue weighted by Gasteiger charge is -2.52. The molecule has 4 heteroatoms. The summed E-state index contributed by atoms with van der Waals surface area (Å²) in [5.74, 6) is 0.374. The minimum Gasteiger partial charge on any atom is -0.376 e. The molecule has 5 atom stereocenters. The van der Waals surface area contributed by atoms with Gasteiger partial charge in [0.1, 0.15) is 0 Å². The molecule has 114 valence electrons. The van der Waals surface area contributed by atoms with Gasteiger partial charge in [0.15, 0.2) is 0 Å². The topological polar surface area (TPSA) is 64.4 Å². The molecule has 1 aliphatic heterocycles. The van der Waals surface area contributed by atoms with Gasteiger partial charge in [-0.25, -0.2) is 0 Å². The molecular formula is C17H24N2O2. The van der Waals surface area contributed by atoms with Crippen LogP contribution in [0, 0.1) is 5.92 Å². The van der Waals surface area contributed by atoms with E-state index in [4.69, 9.17) is 10.5 Å². The molecule has 0 radical (unpaired) electrons. The Morgan fingerprint density at radius 1 is 1.43 bits per heavy atom. The summed E-state index contributed by atoms with van der Waals surface area (Å²) in [6.07, 6.45) is 3.10. The molecule has 0 aromatic heterocycles. The van der Waals surface area contributed by atoms with Crippen LogP contribution < -0.4 is 11.1 Å². The number of nitrogens with one attached hydrogen (secondary N) is 1. The largest absolute Gasteiger partial charge is 0.376 e. The van der Waals surface area contributed by atoms with Crippen molar-refractivity contribution in [1.29, 1.82) is 0 Å². The van der Waals surface area contributed by atoms with Crippen LogP contribution in [-0.4, -0.2) is 30.7 Å². The van der Waals surface area contributed by atoms with Gasteiger partial charge in [-0.3, -0.25) is 4.79 Å². The van der Waals surface area contributed by atoms with Gasteiger partial charge >= 0.3 is 0 Å². The van der Waals surface area contributed by atoms with Crippen LogP contribution in [0.5, 0.6) is 0 Å². The summed E-state index contributed by atoms with van der Waals surface area (Å²) in [5, 5.41) is 3.13. The molecule has 0 spiro atoms. The van der Waals surface area contributed by atoms with Gasteiger partial charge in [-0.15, -0.1) is 0 Å². The number of amides is 1. The van der Waals surface area contributed by atoms with Crippen molar-refractivity contribution in [3.8, 4) is 0 Å². The highest BCUT2D eigenvalue weighted by Crippen LogP contribution is 2.37. The lowest BCUT2D eigenvalue weighted by Crippen LogP contribution is -2.72. The number of benzene rings is 1. The first kappa shape index (κ1) is 14.5. The molecular weight excluding hydrogens is 264 g/mol. The zero-order valence-electron chi connectivity index (χ0n) is 12.5. The third-order valence-electron chi connectivity index (χ3n) is 4.91. The Hall–Kier alpha value is -1.39. The van der Waals surface area contributed by atoms with E-state index in [9.17, 15) is 4.79 Å². The standard InChI is InChI=1S/C17H24N2O2/c1-2-12(11-7-4-3-5-8-11)17(20)19-15-14(18)13-9-6-10-21-16(13)15/h3-5,7-8,12-16H,2,6,9-10,18H2,1H3,(H,19,20). The number of fused-ring (bicyclic) bond motifs is 1. The summed E-state index contributed by atoms with van der Waals surface area (Å²) in [7, 11) is 0. The summed E-state index contributed by atoms with van der Waals surface area (Å²) in [6, 6.07) is 9.94. The fourth-order valence-electron chi connectivity index (χ4n) is 3.65. The van der Waals surface area contributed by atoms with Crippen molar-refractivity contribution in [2.24, 2.45) is 11.7 Å². The Morgan fingerprint density at radius 3 is 2.90 bits per heavy atom. The van der Waals surface area contributed by atoms with Gasteiger partial charge in [0.2, 0.25) is 5.91 Å². The average Bonchev–Trinajstić information content (AvgIpc) is 2.54. The van der Waals surface area contributed by atoms with Gasteiger partial charge in [-0.1, -0.05) is 37.3 Å². The molecule has 5 unspecified atom stereocenters. The van der Waals surface area contributed by atoms with E-state index in [-0.39, 0.29) is 30.0 Å². The lowest BCUT2D eigenvalue weighted by molar-refractivity contribution is -0.140. The Labute approximate surface area is 126 Å². The molecule has 1 amide bonds. The van der Waals surface area contributed by atoms with E-state index in [1.165, 1.54) is 0 Å². The maximum absolute atomic E-state index is 12.6. The van der Waals surface area contributed by atoms with Gasteiger partial charge in [0, 0.05) is 18.6 Å². The predicted molar refractivity (Wildman–Crippen MR) is 81.8 cm³/mol. The van der Waals surface area contributed by atoms with Gasteiger partial charge < -0.3 is 15.8 Å². The molecule has 1 aliphatic carbocycles. The molecule has 0 bridgehead atoms. The number of hydrogen-bond donors (Lipinski definition) is 2. The van der Waals surface area contributed by atoms with E-state index in [1.54, 1.807) is 0 Å². The van der Waals surface area contributed by atoms with E-state index in [2.05, 4.69) is 5.32 Å². The second kappa shape index (κ2) is 6.16. The van der Waals surface area contributed by atoms with Crippen LogP contribution in [0.4, 0.5) is 0 Å². The van der Waals surface area contributed by atoms with Crippen molar-refractivity contribution in [3.05, 3.63) is 35.9 Å². The molecule has 2 aliphatic rings. The highest BCUT2D eigenvalue weighted by molar-refractivity contribution is 5.84. The number of ether oxygens (including phenoxy) is 1. The molecule has 1 heterocycles. The fraction of sp³-hybridized carbons (Fsp3) is 0.588. The van der Waals surface area contributed by atoms with E-state index >= 15 is 0 Å². The van der Waals surface area contributed by atoms with Crippen LogP contribution in [-0.2, 0) is 9.53 Å². The number of carbonyl (C=O) groups is 1. The van der Waals surface area contributed by atoms with Gasteiger partial charge in [0.25, 0.3) is 0 Å². The molecule has 21 heavy (non-hydrogen) atoms. The summed E-state index contributed by atoms with van der Waals surface area (Å²) in [6.45, 7) is 2.83. The van der Waals surface area contributed by atoms with E-state index in [1.807, 2.05) is 37.3 Å². The Morgan fingerprint density at radius 2 is 2.19 bits per heavy atom. The number of nitrogens with two attached hydrogens (primary N) is 1. The first-order valence-electron chi connectivity index (χ1n) is 7.95. The Balaban J connectivity index is 1.65. The summed E-state index contributed by atoms with van der Waals surface area (Å²) in [5.41, 5.74) is 7.27. The highest BCUT2D eigenvalue weighted by atomic mass is 16.5. The van der Waals surface area contributed by atoms with Crippen LogP contribution in [0.1, 0.15) is 37.7 Å². The summed E-state index contributed by atoms with van der Waals surface area (Å²) in [4.78, 5) is 12.6.